The third-order valence-electron chi connectivity index (χ3n) is 2.54. The molecule has 0 saturated carbocycles. The Hall–Kier alpha value is -1.20. The highest BCUT2D eigenvalue weighted by Gasteiger charge is 2.42. The SMILES string of the molecule is CCOC(=O)/C(C)=C/[C@@H]1OC(C)(C)O[C@@H]1C(C)=O. The maximum Gasteiger partial charge on any atom is 0.333 e. The van der Waals surface area contributed by atoms with Gasteiger partial charge in [-0.25, -0.2) is 4.79 Å². The maximum absolute atomic E-state index is 11.5. The van der Waals surface area contributed by atoms with Crippen LogP contribution < -0.4 is 0 Å². The van der Waals surface area contributed by atoms with Gasteiger partial charge < -0.3 is 14.2 Å². The number of ether oxygens (including phenoxy) is 3. The van der Waals surface area contributed by atoms with Crippen LogP contribution in [0.3, 0.4) is 0 Å². The predicted molar refractivity (Wildman–Crippen MR) is 64.9 cm³/mol. The molecule has 1 heterocycles. The van der Waals surface area contributed by atoms with Gasteiger partial charge in [0.05, 0.1) is 6.61 Å². The van der Waals surface area contributed by atoms with Gasteiger partial charge in [-0.05, 0) is 40.7 Å². The molecule has 5 heteroatoms. The third kappa shape index (κ3) is 3.65. The van der Waals surface area contributed by atoms with Gasteiger partial charge in [0, 0.05) is 5.57 Å². The van der Waals surface area contributed by atoms with Crippen molar-refractivity contribution in [1.82, 2.24) is 0 Å². The minimum Gasteiger partial charge on any atom is -0.463 e. The van der Waals surface area contributed by atoms with Crippen molar-refractivity contribution >= 4 is 11.8 Å². The molecule has 0 aliphatic carbocycles. The zero-order chi connectivity index (χ0) is 13.9. The molecular formula is C13H20O5. The molecule has 1 rings (SSSR count). The first-order chi connectivity index (χ1) is 8.26. The van der Waals surface area contributed by atoms with Gasteiger partial charge in [0.15, 0.2) is 11.6 Å². The van der Waals surface area contributed by atoms with Gasteiger partial charge >= 0.3 is 5.97 Å². The van der Waals surface area contributed by atoms with Gasteiger partial charge in [0.1, 0.15) is 12.2 Å². The predicted octanol–water partition coefficient (Wildman–Crippen LogP) is 1.60. The lowest BCUT2D eigenvalue weighted by atomic mass is 10.1. The van der Waals surface area contributed by atoms with Crippen LogP contribution in [0.15, 0.2) is 11.6 Å². The van der Waals surface area contributed by atoms with Gasteiger partial charge in [-0.3, -0.25) is 4.79 Å². The summed E-state index contributed by atoms with van der Waals surface area (Å²) in [7, 11) is 0. The van der Waals surface area contributed by atoms with E-state index in [0.717, 1.165) is 0 Å². The molecule has 0 aromatic carbocycles. The van der Waals surface area contributed by atoms with E-state index in [0.29, 0.717) is 12.2 Å². The fourth-order valence-electron chi connectivity index (χ4n) is 1.79. The topological polar surface area (TPSA) is 61.8 Å². The second-order valence-corrected chi connectivity index (χ2v) is 4.70. The minimum absolute atomic E-state index is 0.126. The monoisotopic (exact) mass is 256 g/mol. The number of rotatable bonds is 4. The van der Waals surface area contributed by atoms with E-state index in [4.69, 9.17) is 14.2 Å². The summed E-state index contributed by atoms with van der Waals surface area (Å²) in [6, 6.07) is 0. The first-order valence-corrected chi connectivity index (χ1v) is 5.98. The van der Waals surface area contributed by atoms with Crippen molar-refractivity contribution < 1.29 is 23.8 Å². The smallest absolute Gasteiger partial charge is 0.333 e. The number of esters is 1. The lowest BCUT2D eigenvalue weighted by Gasteiger charge is -2.15. The number of carbonyl (C=O) groups is 2. The van der Waals surface area contributed by atoms with Crippen LogP contribution in [0.4, 0.5) is 0 Å². The zero-order valence-corrected chi connectivity index (χ0v) is 11.5. The van der Waals surface area contributed by atoms with E-state index >= 15 is 0 Å². The Labute approximate surface area is 107 Å². The molecule has 0 radical (unpaired) electrons. The number of Topliss-reactive ketones (excluding diaryl/α,β-unsaturated/α-hetero) is 1. The summed E-state index contributed by atoms with van der Waals surface area (Å²) in [6.45, 7) is 8.59. The number of hydrogen-bond acceptors (Lipinski definition) is 5. The van der Waals surface area contributed by atoms with Crippen LogP contribution in [0.1, 0.15) is 34.6 Å². The van der Waals surface area contributed by atoms with E-state index in [1.807, 2.05) is 0 Å². The van der Waals surface area contributed by atoms with E-state index in [-0.39, 0.29) is 5.78 Å². The van der Waals surface area contributed by atoms with E-state index < -0.39 is 24.0 Å². The van der Waals surface area contributed by atoms with Gasteiger partial charge in [-0.15, -0.1) is 0 Å². The summed E-state index contributed by atoms with van der Waals surface area (Å²) in [5, 5.41) is 0. The quantitative estimate of drug-likeness (QED) is 0.565. The van der Waals surface area contributed by atoms with Crippen molar-refractivity contribution in [3.8, 4) is 0 Å². The Morgan fingerprint density at radius 1 is 1.28 bits per heavy atom. The van der Waals surface area contributed by atoms with Crippen molar-refractivity contribution in [3.63, 3.8) is 0 Å². The Balaban J connectivity index is 2.84. The highest BCUT2D eigenvalue weighted by Crippen LogP contribution is 2.30. The minimum atomic E-state index is -0.827. The third-order valence-corrected chi connectivity index (χ3v) is 2.54. The fourth-order valence-corrected chi connectivity index (χ4v) is 1.79. The largest absolute Gasteiger partial charge is 0.463 e. The molecule has 0 aromatic rings. The molecule has 0 bridgehead atoms. The molecule has 0 amide bonds. The van der Waals surface area contributed by atoms with Crippen LogP contribution in [0, 0.1) is 0 Å². The average molecular weight is 256 g/mol. The van der Waals surface area contributed by atoms with Crippen molar-refractivity contribution in [3.05, 3.63) is 11.6 Å². The van der Waals surface area contributed by atoms with E-state index in [1.54, 1.807) is 33.8 Å². The van der Waals surface area contributed by atoms with Crippen molar-refractivity contribution in [2.45, 2.75) is 52.6 Å². The standard InChI is InChI=1S/C13H20O5/c1-6-16-12(15)8(2)7-10-11(9(3)14)18-13(4,5)17-10/h7,10-11H,6H2,1-5H3/b8-7+/t10-,11+/m0/s1. The summed E-state index contributed by atoms with van der Waals surface area (Å²) in [6.07, 6.45) is 0.352. The number of carbonyl (C=O) groups excluding carboxylic acids is 2. The van der Waals surface area contributed by atoms with Crippen LogP contribution in [-0.2, 0) is 23.8 Å². The van der Waals surface area contributed by atoms with Crippen molar-refractivity contribution in [1.29, 1.82) is 0 Å². The lowest BCUT2D eigenvalue weighted by molar-refractivity contribution is -0.152. The Morgan fingerprint density at radius 2 is 1.89 bits per heavy atom. The van der Waals surface area contributed by atoms with Crippen LogP contribution in [-0.4, -0.2) is 36.4 Å². The molecule has 5 nitrogen and oxygen atoms in total. The summed E-state index contributed by atoms with van der Waals surface area (Å²) in [4.78, 5) is 23.0. The maximum atomic E-state index is 11.5. The molecule has 18 heavy (non-hydrogen) atoms. The normalized spacial score (nSPS) is 27.1. The molecule has 0 aromatic heterocycles. The first kappa shape index (κ1) is 14.9. The summed E-state index contributed by atoms with van der Waals surface area (Å²) in [5.41, 5.74) is 0.411. The molecule has 0 N–H and O–H groups in total. The van der Waals surface area contributed by atoms with E-state index in [9.17, 15) is 9.59 Å². The molecule has 1 saturated heterocycles. The second-order valence-electron chi connectivity index (χ2n) is 4.70. The molecule has 1 fully saturated rings. The highest BCUT2D eigenvalue weighted by atomic mass is 16.8. The van der Waals surface area contributed by atoms with Crippen LogP contribution in [0.25, 0.3) is 0 Å². The number of ketones is 1. The molecule has 1 aliphatic heterocycles. The Morgan fingerprint density at radius 3 is 2.39 bits per heavy atom. The van der Waals surface area contributed by atoms with Crippen molar-refractivity contribution in [2.75, 3.05) is 6.61 Å². The summed E-state index contributed by atoms with van der Waals surface area (Å²) < 4.78 is 16.0. The molecule has 2 atom stereocenters. The second kappa shape index (κ2) is 5.63. The van der Waals surface area contributed by atoms with E-state index in [1.165, 1.54) is 6.92 Å². The van der Waals surface area contributed by atoms with Gasteiger partial charge in [0.25, 0.3) is 0 Å². The molecule has 0 spiro atoms. The van der Waals surface area contributed by atoms with E-state index in [2.05, 4.69) is 0 Å². The molecule has 0 unspecified atom stereocenters. The van der Waals surface area contributed by atoms with Crippen LogP contribution >= 0.6 is 0 Å². The fraction of sp³-hybridized carbons (Fsp3) is 0.692. The first-order valence-electron chi connectivity index (χ1n) is 5.98. The molecular weight excluding hydrogens is 236 g/mol. The zero-order valence-electron chi connectivity index (χ0n) is 11.5. The summed E-state index contributed by atoms with van der Waals surface area (Å²) >= 11 is 0. The average Bonchev–Trinajstić information content (AvgIpc) is 2.54. The molecule has 1 aliphatic rings. The Bertz CT molecular complexity index is 370. The van der Waals surface area contributed by atoms with Crippen molar-refractivity contribution in [2.24, 2.45) is 0 Å². The molecule has 102 valence electrons. The number of hydrogen-bond donors (Lipinski definition) is 0. The van der Waals surface area contributed by atoms with Gasteiger partial charge in [-0.2, -0.15) is 0 Å². The lowest BCUT2D eigenvalue weighted by Crippen LogP contribution is -2.29. The van der Waals surface area contributed by atoms with Gasteiger partial charge in [-0.1, -0.05) is 0 Å². The van der Waals surface area contributed by atoms with Crippen LogP contribution in [0.5, 0.6) is 0 Å². The van der Waals surface area contributed by atoms with Crippen LogP contribution in [0.2, 0.25) is 0 Å². The Kier molecular flexibility index (Phi) is 4.65. The summed E-state index contributed by atoms with van der Waals surface area (Å²) in [5.74, 6) is -1.36. The highest BCUT2D eigenvalue weighted by molar-refractivity contribution is 5.88. The van der Waals surface area contributed by atoms with Gasteiger partial charge in [0.2, 0.25) is 0 Å².